The van der Waals surface area contributed by atoms with Gasteiger partial charge in [0.25, 0.3) is 11.8 Å². The van der Waals surface area contributed by atoms with E-state index in [2.05, 4.69) is 15.8 Å². The fourth-order valence-corrected chi connectivity index (χ4v) is 5.36. The van der Waals surface area contributed by atoms with E-state index >= 15 is 0 Å². The van der Waals surface area contributed by atoms with E-state index in [1.807, 2.05) is 6.07 Å². The van der Waals surface area contributed by atoms with Gasteiger partial charge in [-0.15, -0.1) is 22.7 Å². The van der Waals surface area contributed by atoms with Crippen molar-refractivity contribution in [3.63, 3.8) is 0 Å². The molecule has 0 atom stereocenters. The highest BCUT2D eigenvalue weighted by atomic mass is 35.5. The number of halogens is 2. The van der Waals surface area contributed by atoms with Crippen LogP contribution >= 0.6 is 45.9 Å². The predicted molar refractivity (Wildman–Crippen MR) is 148 cm³/mol. The zero-order valence-corrected chi connectivity index (χ0v) is 22.4. The van der Waals surface area contributed by atoms with Crippen molar-refractivity contribution in [3.8, 4) is 22.3 Å². The molecular weight excluding hydrogens is 551 g/mol. The smallest absolute Gasteiger partial charge is 0.281 e. The zero-order chi connectivity index (χ0) is 26.5. The minimum absolute atomic E-state index is 0.0243. The van der Waals surface area contributed by atoms with Crippen LogP contribution < -0.4 is 10.7 Å². The van der Waals surface area contributed by atoms with Gasteiger partial charge in [0, 0.05) is 11.9 Å². The molecule has 186 valence electrons. The Kier molecular flexibility index (Phi) is 8.26. The first-order valence-electron chi connectivity index (χ1n) is 10.7. The second-order valence-electron chi connectivity index (χ2n) is 7.75. The molecule has 7 nitrogen and oxygen atoms in total. The predicted octanol–water partition coefficient (Wildman–Crippen LogP) is 6.44. The third kappa shape index (κ3) is 6.18. The fraction of sp³-hybridized carbons (Fsp3) is 0.0769. The normalized spacial score (nSPS) is 11.1. The van der Waals surface area contributed by atoms with Crippen molar-refractivity contribution in [3.05, 3.63) is 96.5 Å². The van der Waals surface area contributed by atoms with E-state index in [4.69, 9.17) is 28.5 Å². The van der Waals surface area contributed by atoms with Crippen molar-refractivity contribution in [1.29, 1.82) is 5.26 Å². The van der Waals surface area contributed by atoms with Crippen LogP contribution in [-0.2, 0) is 6.54 Å². The number of rotatable bonds is 7. The average molecular weight is 569 g/mol. The number of aromatic hydroxyl groups is 1. The lowest BCUT2D eigenvalue weighted by molar-refractivity contribution is 0.0950. The molecule has 0 bridgehead atoms. The highest BCUT2D eigenvalue weighted by Gasteiger charge is 2.17. The van der Waals surface area contributed by atoms with Gasteiger partial charge in [0.2, 0.25) is 0 Å². The third-order valence-corrected chi connectivity index (χ3v) is 8.09. The number of carbonyl (C=O) groups excluding carboxylic acids is 2. The van der Waals surface area contributed by atoms with Gasteiger partial charge >= 0.3 is 0 Å². The summed E-state index contributed by atoms with van der Waals surface area (Å²) in [6.45, 7) is 1.96. The Bertz CT molecular complexity index is 1550. The minimum atomic E-state index is -0.477. The number of hydrazone groups is 1. The number of hydrogen-bond acceptors (Lipinski definition) is 7. The Morgan fingerprint density at radius 1 is 1.03 bits per heavy atom. The maximum absolute atomic E-state index is 12.6. The van der Waals surface area contributed by atoms with Crippen LogP contribution in [0.15, 0.2) is 65.1 Å². The standard InChI is InChI=1S/C26H18Cl2N4O3S2/c1-14(18-13-36-24(23(18)33)17-6-7-19(27)20(28)10-17)31-32-26(35)22-9-8-21(37-22)25(34)30-12-16-4-2-15(11-29)3-5-16/h2-10,13,33H,12H2,1H3,(H,30,34)(H,32,35). The van der Waals surface area contributed by atoms with Crippen LogP contribution in [0.5, 0.6) is 5.75 Å². The average Bonchev–Trinajstić information content (AvgIpc) is 3.55. The first-order chi connectivity index (χ1) is 17.8. The molecule has 11 heteroatoms. The molecule has 0 unspecified atom stereocenters. The molecule has 0 aliphatic carbocycles. The topological polar surface area (TPSA) is 115 Å². The van der Waals surface area contributed by atoms with Gasteiger partial charge in [0.05, 0.1) is 47.6 Å². The molecule has 2 aromatic carbocycles. The molecule has 4 aromatic rings. The van der Waals surface area contributed by atoms with Crippen LogP contribution in [0.25, 0.3) is 10.4 Å². The largest absolute Gasteiger partial charge is 0.506 e. The second-order valence-corrected chi connectivity index (χ2v) is 10.5. The molecule has 2 amide bonds. The number of nitrogens with zero attached hydrogens (tertiary/aromatic N) is 2. The lowest BCUT2D eigenvalue weighted by Gasteiger charge is -2.04. The van der Waals surface area contributed by atoms with Crippen molar-refractivity contribution < 1.29 is 14.7 Å². The summed E-state index contributed by atoms with van der Waals surface area (Å²) in [6.07, 6.45) is 0. The Balaban J connectivity index is 1.38. The van der Waals surface area contributed by atoms with E-state index < -0.39 is 5.91 Å². The van der Waals surface area contributed by atoms with E-state index in [1.54, 1.807) is 66.9 Å². The van der Waals surface area contributed by atoms with Gasteiger partial charge in [0.15, 0.2) is 0 Å². The summed E-state index contributed by atoms with van der Waals surface area (Å²) in [5.74, 6) is -0.766. The number of nitrogens with one attached hydrogen (secondary N) is 2. The number of hydrogen-bond donors (Lipinski definition) is 3. The monoisotopic (exact) mass is 568 g/mol. The number of thiophene rings is 2. The minimum Gasteiger partial charge on any atom is -0.506 e. The molecule has 0 fully saturated rings. The summed E-state index contributed by atoms with van der Waals surface area (Å²) in [7, 11) is 0. The molecule has 2 heterocycles. The highest BCUT2D eigenvalue weighted by Crippen LogP contribution is 2.40. The Morgan fingerprint density at radius 2 is 1.73 bits per heavy atom. The van der Waals surface area contributed by atoms with Crippen molar-refractivity contribution in [1.82, 2.24) is 10.7 Å². The van der Waals surface area contributed by atoms with Crippen molar-refractivity contribution in [2.24, 2.45) is 5.10 Å². The van der Waals surface area contributed by atoms with Crippen LogP contribution in [0.3, 0.4) is 0 Å². The maximum atomic E-state index is 12.6. The van der Waals surface area contributed by atoms with E-state index in [1.165, 1.54) is 11.3 Å². The Hall–Kier alpha value is -3.68. The van der Waals surface area contributed by atoms with Gasteiger partial charge in [-0.2, -0.15) is 10.4 Å². The van der Waals surface area contributed by atoms with Crippen molar-refractivity contribution >= 4 is 63.4 Å². The molecule has 0 spiro atoms. The molecule has 0 aliphatic rings. The zero-order valence-electron chi connectivity index (χ0n) is 19.2. The first-order valence-corrected chi connectivity index (χ1v) is 13.2. The van der Waals surface area contributed by atoms with Gasteiger partial charge in [0.1, 0.15) is 5.75 Å². The summed E-state index contributed by atoms with van der Waals surface area (Å²) in [5.41, 5.74) is 5.46. The molecule has 3 N–H and O–H groups in total. The van der Waals surface area contributed by atoms with E-state index in [-0.39, 0.29) is 11.7 Å². The summed E-state index contributed by atoms with van der Waals surface area (Å²) < 4.78 is 0. The van der Waals surface area contributed by atoms with Crippen LogP contribution in [0.1, 0.15) is 43.0 Å². The summed E-state index contributed by atoms with van der Waals surface area (Å²) in [6, 6.07) is 17.1. The molecule has 2 aromatic heterocycles. The number of carbonyl (C=O) groups is 2. The van der Waals surface area contributed by atoms with Gasteiger partial charge in [-0.1, -0.05) is 41.4 Å². The van der Waals surface area contributed by atoms with E-state index in [0.29, 0.717) is 53.6 Å². The van der Waals surface area contributed by atoms with Crippen molar-refractivity contribution in [2.45, 2.75) is 13.5 Å². The number of benzene rings is 2. The number of amides is 2. The van der Waals surface area contributed by atoms with Crippen molar-refractivity contribution in [2.75, 3.05) is 0 Å². The lowest BCUT2D eigenvalue weighted by atomic mass is 10.1. The quantitative estimate of drug-likeness (QED) is 0.175. The fourth-order valence-electron chi connectivity index (χ4n) is 3.25. The molecular formula is C26H18Cl2N4O3S2. The molecule has 37 heavy (non-hydrogen) atoms. The Labute approximate surface area is 230 Å². The summed E-state index contributed by atoms with van der Waals surface area (Å²) in [5, 5.41) is 29.0. The van der Waals surface area contributed by atoms with E-state index in [0.717, 1.165) is 16.9 Å². The molecule has 0 radical (unpaired) electrons. The SMILES string of the molecule is CC(=NNC(=O)c1ccc(C(=O)NCc2ccc(C#N)cc2)s1)c1csc(-c2ccc(Cl)c(Cl)c2)c1O. The highest BCUT2D eigenvalue weighted by molar-refractivity contribution is 7.16. The van der Waals surface area contributed by atoms with Crippen LogP contribution in [0.2, 0.25) is 10.0 Å². The maximum Gasteiger partial charge on any atom is 0.281 e. The molecule has 0 saturated carbocycles. The van der Waals surface area contributed by atoms with Gasteiger partial charge in [-0.25, -0.2) is 5.43 Å². The summed E-state index contributed by atoms with van der Waals surface area (Å²) >= 11 is 14.4. The molecule has 0 aliphatic heterocycles. The third-order valence-electron chi connectivity index (χ3n) is 5.25. The van der Waals surface area contributed by atoms with Crippen LogP contribution in [-0.4, -0.2) is 22.6 Å². The van der Waals surface area contributed by atoms with E-state index in [9.17, 15) is 14.7 Å². The Morgan fingerprint density at radius 3 is 2.41 bits per heavy atom. The molecule has 4 rings (SSSR count). The molecule has 0 saturated heterocycles. The second kappa shape index (κ2) is 11.6. The van der Waals surface area contributed by atoms with Crippen LogP contribution in [0.4, 0.5) is 0 Å². The first kappa shape index (κ1) is 26.4. The summed E-state index contributed by atoms with van der Waals surface area (Å²) in [4.78, 5) is 26.3. The lowest BCUT2D eigenvalue weighted by Crippen LogP contribution is -2.21. The van der Waals surface area contributed by atoms with Gasteiger partial charge in [-0.05, 0) is 54.4 Å². The number of nitriles is 1. The van der Waals surface area contributed by atoms with Gasteiger partial charge in [-0.3, -0.25) is 9.59 Å². The van der Waals surface area contributed by atoms with Gasteiger partial charge < -0.3 is 10.4 Å². The van der Waals surface area contributed by atoms with Crippen LogP contribution in [0, 0.1) is 11.3 Å².